The van der Waals surface area contributed by atoms with E-state index in [4.69, 9.17) is 9.84 Å². The fraction of sp³-hybridized carbons (Fsp3) is 0.231. The highest BCUT2D eigenvalue weighted by molar-refractivity contribution is 5.64. The normalized spacial score (nSPS) is 14.5. The quantitative estimate of drug-likeness (QED) is 0.514. The molecular weight excluding hydrogens is 398 g/mol. The minimum absolute atomic E-state index is 0.859. The lowest BCUT2D eigenvalue weighted by molar-refractivity contribution is -0.914. The van der Waals surface area contributed by atoms with Gasteiger partial charge in [-0.3, -0.25) is 4.90 Å². The Hall–Kier alpha value is -3.64. The number of aromatic amines is 1. The van der Waals surface area contributed by atoms with Crippen LogP contribution in [-0.4, -0.2) is 43.1 Å². The molecule has 0 saturated carbocycles. The van der Waals surface area contributed by atoms with Crippen LogP contribution in [0.3, 0.4) is 0 Å². The van der Waals surface area contributed by atoms with E-state index in [0.717, 1.165) is 55.4 Å². The molecule has 5 rings (SSSR count). The van der Waals surface area contributed by atoms with Crippen molar-refractivity contribution in [2.45, 2.75) is 6.54 Å². The average Bonchev–Trinajstić information content (AvgIpc) is 3.29. The molecule has 0 unspecified atom stereocenters. The first kappa shape index (κ1) is 20.3. The summed E-state index contributed by atoms with van der Waals surface area (Å²) >= 11 is 0. The molecule has 2 N–H and O–H groups in total. The van der Waals surface area contributed by atoms with Crippen molar-refractivity contribution in [2.75, 3.05) is 38.2 Å². The first-order valence-corrected chi connectivity index (χ1v) is 11.1. The van der Waals surface area contributed by atoms with E-state index < -0.39 is 0 Å². The van der Waals surface area contributed by atoms with E-state index in [9.17, 15) is 0 Å². The minimum Gasteiger partial charge on any atom is -0.497 e. The van der Waals surface area contributed by atoms with Crippen LogP contribution < -0.4 is 19.5 Å². The molecule has 32 heavy (non-hydrogen) atoms. The standard InChI is InChI=1S/C26H27N5O/c1-32-24-12-10-21(11-13-24)26-22(20-31(28-26)23-7-3-2-4-8-23)19-29-15-17-30(18-16-29)25-9-5-6-14-27-25/h2-14,20H,15-19H2,1H3/p+2. The lowest BCUT2D eigenvalue weighted by Gasteiger charge is -2.28. The van der Waals surface area contributed by atoms with Crippen LogP contribution in [0, 0.1) is 0 Å². The molecule has 4 aromatic rings. The molecule has 1 saturated heterocycles. The van der Waals surface area contributed by atoms with E-state index in [0.29, 0.717) is 0 Å². The third-order valence-electron chi connectivity index (χ3n) is 6.12. The first-order chi connectivity index (χ1) is 15.8. The summed E-state index contributed by atoms with van der Waals surface area (Å²) < 4.78 is 7.34. The van der Waals surface area contributed by atoms with Crippen LogP contribution in [-0.2, 0) is 6.54 Å². The molecule has 1 aliphatic rings. The highest BCUT2D eigenvalue weighted by Crippen LogP contribution is 2.25. The van der Waals surface area contributed by atoms with Crippen LogP contribution in [0.5, 0.6) is 5.75 Å². The van der Waals surface area contributed by atoms with Crippen LogP contribution in [0.1, 0.15) is 5.56 Å². The molecule has 6 heteroatoms. The topological polar surface area (TPSA) is 48.9 Å². The number of benzene rings is 2. The van der Waals surface area contributed by atoms with Gasteiger partial charge in [-0.1, -0.05) is 24.3 Å². The Morgan fingerprint density at radius 1 is 0.938 bits per heavy atom. The number of rotatable bonds is 6. The largest absolute Gasteiger partial charge is 0.497 e. The molecule has 0 spiro atoms. The number of methoxy groups -OCH3 is 1. The lowest BCUT2D eigenvalue weighted by atomic mass is 10.1. The molecule has 0 radical (unpaired) electrons. The zero-order valence-electron chi connectivity index (χ0n) is 18.4. The van der Waals surface area contributed by atoms with Crippen LogP contribution in [0.2, 0.25) is 0 Å². The van der Waals surface area contributed by atoms with Gasteiger partial charge in [0.25, 0.3) is 5.82 Å². The number of nitrogens with zero attached hydrogens (tertiary/aromatic N) is 3. The fourth-order valence-corrected chi connectivity index (χ4v) is 4.33. The van der Waals surface area contributed by atoms with Gasteiger partial charge < -0.3 is 9.64 Å². The average molecular weight is 428 g/mol. The number of hydrogen-bond donors (Lipinski definition) is 1. The number of anilines is 1. The van der Waals surface area contributed by atoms with Crippen LogP contribution in [0.15, 0.2) is 85.2 Å². The number of pyridine rings is 1. The van der Waals surface area contributed by atoms with Gasteiger partial charge in [-0.05, 0) is 42.5 Å². The summed E-state index contributed by atoms with van der Waals surface area (Å²) in [4.78, 5) is 7.37. The first-order valence-electron chi connectivity index (χ1n) is 11.1. The van der Waals surface area contributed by atoms with Gasteiger partial charge in [0.1, 0.15) is 44.2 Å². The number of nitrogens with one attached hydrogen (secondary N) is 2. The smallest absolute Gasteiger partial charge is 0.274 e. The van der Waals surface area contributed by atoms with Crippen LogP contribution in [0.25, 0.3) is 16.9 Å². The van der Waals surface area contributed by atoms with Gasteiger partial charge in [0.2, 0.25) is 0 Å². The molecule has 2 aromatic heterocycles. The third-order valence-corrected chi connectivity index (χ3v) is 6.12. The predicted molar refractivity (Wildman–Crippen MR) is 125 cm³/mol. The number of H-pyrrole nitrogens is 1. The maximum absolute atomic E-state index is 5.34. The number of aromatic nitrogens is 3. The molecule has 0 atom stereocenters. The third kappa shape index (κ3) is 4.36. The van der Waals surface area contributed by atoms with E-state index in [1.807, 2.05) is 35.1 Å². The Morgan fingerprint density at radius 2 is 1.69 bits per heavy atom. The maximum Gasteiger partial charge on any atom is 0.274 e. The molecule has 3 heterocycles. The van der Waals surface area contributed by atoms with Gasteiger partial charge in [-0.15, -0.1) is 0 Å². The molecule has 1 fully saturated rings. The second-order valence-corrected chi connectivity index (χ2v) is 8.17. The van der Waals surface area contributed by atoms with Gasteiger partial charge in [0, 0.05) is 17.8 Å². The van der Waals surface area contributed by atoms with Crippen molar-refractivity contribution < 1.29 is 14.6 Å². The Kier molecular flexibility index (Phi) is 5.85. The summed E-state index contributed by atoms with van der Waals surface area (Å²) in [6, 6.07) is 24.8. The van der Waals surface area contributed by atoms with Gasteiger partial charge in [0.05, 0.1) is 24.6 Å². The van der Waals surface area contributed by atoms with Gasteiger partial charge in [-0.2, -0.15) is 5.10 Å². The summed E-state index contributed by atoms with van der Waals surface area (Å²) in [5.41, 5.74) is 4.51. The maximum atomic E-state index is 5.34. The van der Waals surface area contributed by atoms with Crippen LogP contribution in [0.4, 0.5) is 5.82 Å². The number of ether oxygens (including phenoxy) is 1. The number of hydrogen-bond acceptors (Lipinski definition) is 3. The molecule has 0 amide bonds. The van der Waals surface area contributed by atoms with Crippen LogP contribution >= 0.6 is 0 Å². The predicted octanol–water partition coefficient (Wildman–Crippen LogP) is 2.27. The van der Waals surface area contributed by atoms with E-state index >= 15 is 0 Å². The van der Waals surface area contributed by atoms with Crippen molar-refractivity contribution in [3.63, 3.8) is 0 Å². The Labute approximate surface area is 188 Å². The van der Waals surface area contributed by atoms with Crippen molar-refractivity contribution in [2.24, 2.45) is 0 Å². The summed E-state index contributed by atoms with van der Waals surface area (Å²) in [5.74, 6) is 2.06. The van der Waals surface area contributed by atoms with E-state index in [1.54, 1.807) is 12.0 Å². The Morgan fingerprint density at radius 3 is 2.38 bits per heavy atom. The van der Waals surface area contributed by atoms with Gasteiger partial charge in [0.15, 0.2) is 0 Å². The summed E-state index contributed by atoms with van der Waals surface area (Å²) in [6.07, 6.45) is 4.19. The minimum atomic E-state index is 0.859. The Bertz CT molecular complexity index is 1130. The number of para-hydroxylation sites is 1. The molecule has 1 aliphatic heterocycles. The molecule has 0 aliphatic carbocycles. The van der Waals surface area contributed by atoms with Crippen molar-refractivity contribution >= 4 is 5.82 Å². The second-order valence-electron chi connectivity index (χ2n) is 8.17. The fourth-order valence-electron chi connectivity index (χ4n) is 4.33. The number of quaternary nitrogens is 1. The summed E-state index contributed by atoms with van der Waals surface area (Å²) in [6.45, 7) is 5.24. The highest BCUT2D eigenvalue weighted by atomic mass is 16.5. The molecule has 162 valence electrons. The summed E-state index contributed by atoms with van der Waals surface area (Å²) in [7, 11) is 1.70. The van der Waals surface area contributed by atoms with Crippen molar-refractivity contribution in [3.05, 3.63) is 90.8 Å². The SMILES string of the molecule is COc1ccc(-c2nn(-c3ccccc3)cc2C[NH+]2CCN(c3cccc[nH+]3)CC2)cc1. The van der Waals surface area contributed by atoms with Gasteiger partial charge in [-0.25, -0.2) is 9.67 Å². The van der Waals surface area contributed by atoms with E-state index in [2.05, 4.69) is 64.6 Å². The summed E-state index contributed by atoms with van der Waals surface area (Å²) in [5, 5.41) is 4.98. The molecule has 0 bridgehead atoms. The van der Waals surface area contributed by atoms with E-state index in [-0.39, 0.29) is 0 Å². The molecule has 2 aromatic carbocycles. The monoisotopic (exact) mass is 427 g/mol. The van der Waals surface area contributed by atoms with E-state index in [1.165, 1.54) is 11.4 Å². The number of piperazine rings is 1. The zero-order chi connectivity index (χ0) is 21.8. The van der Waals surface area contributed by atoms with Crippen molar-refractivity contribution in [3.8, 4) is 22.7 Å². The lowest BCUT2D eigenvalue weighted by Crippen LogP contribution is -3.13. The van der Waals surface area contributed by atoms with Crippen molar-refractivity contribution in [1.82, 2.24) is 9.78 Å². The highest BCUT2D eigenvalue weighted by Gasteiger charge is 2.27. The Balaban J connectivity index is 1.38. The molecule has 6 nitrogen and oxygen atoms in total. The zero-order valence-corrected chi connectivity index (χ0v) is 18.4. The molecular formula is C26H29N5O+2. The second kappa shape index (κ2) is 9.24. The van der Waals surface area contributed by atoms with Gasteiger partial charge >= 0.3 is 0 Å². The van der Waals surface area contributed by atoms with Crippen molar-refractivity contribution in [1.29, 1.82) is 0 Å².